The number of nitrogens with zero attached hydrogens (tertiary/aromatic N) is 2. The van der Waals surface area contributed by atoms with Gasteiger partial charge in [-0.25, -0.2) is 4.79 Å². The summed E-state index contributed by atoms with van der Waals surface area (Å²) in [6, 6.07) is 6.25. The molecule has 4 nitrogen and oxygen atoms in total. The molecule has 3 rings (SSSR count). The van der Waals surface area contributed by atoms with Crippen LogP contribution in [0.3, 0.4) is 0 Å². The molecule has 0 saturated carbocycles. The van der Waals surface area contributed by atoms with Gasteiger partial charge < -0.3 is 14.6 Å². The Morgan fingerprint density at radius 3 is 2.29 bits per heavy atom. The van der Waals surface area contributed by atoms with Gasteiger partial charge in [0, 0.05) is 24.8 Å². The topological polar surface area (TPSA) is 45.5 Å². The fourth-order valence-corrected chi connectivity index (χ4v) is 3.83. The lowest BCUT2D eigenvalue weighted by atomic mass is 9.97. The lowest BCUT2D eigenvalue weighted by molar-refractivity contribution is 0.0696. The van der Waals surface area contributed by atoms with Gasteiger partial charge in [0.25, 0.3) is 0 Å². The molecule has 0 spiro atoms. The highest BCUT2D eigenvalue weighted by Gasteiger charge is 2.21. The summed E-state index contributed by atoms with van der Waals surface area (Å²) in [6.07, 6.45) is 4.36. The van der Waals surface area contributed by atoms with Crippen molar-refractivity contribution >= 4 is 5.97 Å². The summed E-state index contributed by atoms with van der Waals surface area (Å²) in [5.41, 5.74) is 5.88. The Labute approximate surface area is 143 Å². The molecule has 128 valence electrons. The SMILES string of the molecule is Cc1cccc(C)c1-c1c(C)c(C(=O)O)cn1CCN1CCCC1. The van der Waals surface area contributed by atoms with Crippen LogP contribution in [-0.4, -0.2) is 40.2 Å². The number of aromatic carboxylic acids is 1. The Morgan fingerprint density at radius 2 is 1.71 bits per heavy atom. The summed E-state index contributed by atoms with van der Waals surface area (Å²) >= 11 is 0. The molecule has 0 amide bonds. The summed E-state index contributed by atoms with van der Waals surface area (Å²) in [7, 11) is 0. The summed E-state index contributed by atoms with van der Waals surface area (Å²) in [5, 5.41) is 9.54. The van der Waals surface area contributed by atoms with Crippen molar-refractivity contribution in [2.75, 3.05) is 19.6 Å². The van der Waals surface area contributed by atoms with Gasteiger partial charge in [-0.05, 0) is 63.4 Å². The Kier molecular flexibility index (Phi) is 4.76. The lowest BCUT2D eigenvalue weighted by Crippen LogP contribution is -2.24. The van der Waals surface area contributed by atoms with Crippen molar-refractivity contribution in [2.45, 2.75) is 40.2 Å². The molecule has 0 bridgehead atoms. The van der Waals surface area contributed by atoms with Crippen LogP contribution in [-0.2, 0) is 6.54 Å². The van der Waals surface area contributed by atoms with Gasteiger partial charge in [0.2, 0.25) is 0 Å². The van der Waals surface area contributed by atoms with Gasteiger partial charge in [-0.1, -0.05) is 18.2 Å². The van der Waals surface area contributed by atoms with Crippen LogP contribution in [0.1, 0.15) is 39.9 Å². The fraction of sp³-hybridized carbons (Fsp3) is 0.450. The number of aryl methyl sites for hydroxylation is 2. The zero-order valence-corrected chi connectivity index (χ0v) is 14.8. The van der Waals surface area contributed by atoms with E-state index in [9.17, 15) is 9.90 Å². The number of carbonyl (C=O) groups is 1. The van der Waals surface area contributed by atoms with Crippen molar-refractivity contribution in [2.24, 2.45) is 0 Å². The van der Waals surface area contributed by atoms with Gasteiger partial charge in [0.1, 0.15) is 0 Å². The van der Waals surface area contributed by atoms with Crippen molar-refractivity contribution in [1.82, 2.24) is 9.47 Å². The third-order valence-corrected chi connectivity index (χ3v) is 5.14. The molecular formula is C20H26N2O2. The van der Waals surface area contributed by atoms with Crippen LogP contribution < -0.4 is 0 Å². The Morgan fingerprint density at radius 1 is 1.08 bits per heavy atom. The minimum Gasteiger partial charge on any atom is -0.478 e. The fourth-order valence-electron chi connectivity index (χ4n) is 3.83. The number of rotatable bonds is 5. The molecule has 1 aliphatic rings. The molecule has 0 radical (unpaired) electrons. The van der Waals surface area contributed by atoms with Crippen LogP contribution in [0.2, 0.25) is 0 Å². The van der Waals surface area contributed by atoms with Gasteiger partial charge in [-0.2, -0.15) is 0 Å². The first-order chi connectivity index (χ1) is 11.5. The second-order valence-corrected chi connectivity index (χ2v) is 6.83. The molecule has 2 aromatic rings. The predicted molar refractivity (Wildman–Crippen MR) is 96.7 cm³/mol. The minimum atomic E-state index is -0.847. The molecule has 1 N–H and O–H groups in total. The van der Waals surface area contributed by atoms with Crippen LogP contribution in [0.25, 0.3) is 11.3 Å². The number of carboxylic acid groups (broad SMARTS) is 1. The van der Waals surface area contributed by atoms with Crippen LogP contribution in [0.5, 0.6) is 0 Å². The second kappa shape index (κ2) is 6.81. The molecular weight excluding hydrogens is 300 g/mol. The van der Waals surface area contributed by atoms with Crippen LogP contribution >= 0.6 is 0 Å². The monoisotopic (exact) mass is 326 g/mol. The Balaban J connectivity index is 2.03. The molecule has 0 atom stereocenters. The molecule has 2 heterocycles. The quantitative estimate of drug-likeness (QED) is 0.907. The van der Waals surface area contributed by atoms with E-state index in [2.05, 4.69) is 41.5 Å². The zero-order valence-electron chi connectivity index (χ0n) is 14.8. The van der Waals surface area contributed by atoms with Gasteiger partial charge in [0.05, 0.1) is 11.3 Å². The van der Waals surface area contributed by atoms with Crippen LogP contribution in [0, 0.1) is 20.8 Å². The van der Waals surface area contributed by atoms with E-state index in [0.29, 0.717) is 5.56 Å². The average molecular weight is 326 g/mol. The maximum absolute atomic E-state index is 11.6. The first-order valence-corrected chi connectivity index (χ1v) is 8.71. The summed E-state index contributed by atoms with van der Waals surface area (Å²) in [4.78, 5) is 14.1. The predicted octanol–water partition coefficient (Wildman–Crippen LogP) is 3.87. The van der Waals surface area contributed by atoms with Gasteiger partial charge >= 0.3 is 5.97 Å². The normalized spacial score (nSPS) is 15.1. The molecule has 24 heavy (non-hydrogen) atoms. The standard InChI is InChI=1S/C20H26N2O2/c1-14-7-6-8-15(2)18(14)19-16(3)17(20(23)24)13-22(19)12-11-21-9-4-5-10-21/h6-8,13H,4-5,9-12H2,1-3H3,(H,23,24). The highest BCUT2D eigenvalue weighted by Crippen LogP contribution is 2.33. The van der Waals surface area contributed by atoms with E-state index in [-0.39, 0.29) is 0 Å². The summed E-state index contributed by atoms with van der Waals surface area (Å²) in [5.74, 6) is -0.847. The number of aromatic nitrogens is 1. The number of hydrogen-bond donors (Lipinski definition) is 1. The Bertz CT molecular complexity index is 735. The summed E-state index contributed by atoms with van der Waals surface area (Å²) in [6.45, 7) is 10.2. The molecule has 1 saturated heterocycles. The van der Waals surface area contributed by atoms with Gasteiger partial charge in [0.15, 0.2) is 0 Å². The zero-order chi connectivity index (χ0) is 17.3. The smallest absolute Gasteiger partial charge is 0.337 e. The van der Waals surface area contributed by atoms with Crippen molar-refractivity contribution in [1.29, 1.82) is 0 Å². The molecule has 0 aliphatic carbocycles. The third-order valence-electron chi connectivity index (χ3n) is 5.14. The van der Waals surface area contributed by atoms with E-state index >= 15 is 0 Å². The van der Waals surface area contributed by atoms with Crippen molar-refractivity contribution in [3.8, 4) is 11.3 Å². The van der Waals surface area contributed by atoms with E-state index in [1.165, 1.54) is 29.5 Å². The van der Waals surface area contributed by atoms with Gasteiger partial charge in [-0.15, -0.1) is 0 Å². The van der Waals surface area contributed by atoms with E-state index in [1.54, 1.807) is 0 Å². The van der Waals surface area contributed by atoms with E-state index in [0.717, 1.165) is 37.4 Å². The van der Waals surface area contributed by atoms with Crippen molar-refractivity contribution in [3.05, 3.63) is 46.6 Å². The lowest BCUT2D eigenvalue weighted by Gasteiger charge is -2.19. The molecule has 1 aromatic heterocycles. The number of likely N-dealkylation sites (tertiary alicyclic amines) is 1. The highest BCUT2D eigenvalue weighted by atomic mass is 16.4. The maximum atomic E-state index is 11.6. The Hall–Kier alpha value is -2.07. The average Bonchev–Trinajstić information content (AvgIpc) is 3.14. The minimum absolute atomic E-state index is 0.411. The number of carboxylic acids is 1. The van der Waals surface area contributed by atoms with Crippen molar-refractivity contribution < 1.29 is 9.90 Å². The molecule has 0 unspecified atom stereocenters. The molecule has 1 aliphatic heterocycles. The maximum Gasteiger partial charge on any atom is 0.337 e. The first-order valence-electron chi connectivity index (χ1n) is 8.71. The number of benzene rings is 1. The van der Waals surface area contributed by atoms with Crippen LogP contribution in [0.4, 0.5) is 0 Å². The summed E-state index contributed by atoms with van der Waals surface area (Å²) < 4.78 is 2.15. The second-order valence-electron chi connectivity index (χ2n) is 6.83. The molecule has 4 heteroatoms. The highest BCUT2D eigenvalue weighted by molar-refractivity contribution is 5.92. The third kappa shape index (κ3) is 3.11. The van der Waals surface area contributed by atoms with Crippen LogP contribution in [0.15, 0.2) is 24.4 Å². The first kappa shape index (κ1) is 16.8. The largest absolute Gasteiger partial charge is 0.478 e. The van der Waals surface area contributed by atoms with E-state index in [4.69, 9.17) is 0 Å². The molecule has 1 aromatic carbocycles. The molecule has 1 fully saturated rings. The van der Waals surface area contributed by atoms with E-state index in [1.807, 2.05) is 13.1 Å². The van der Waals surface area contributed by atoms with Crippen molar-refractivity contribution in [3.63, 3.8) is 0 Å². The van der Waals surface area contributed by atoms with Gasteiger partial charge in [-0.3, -0.25) is 0 Å². The van der Waals surface area contributed by atoms with E-state index < -0.39 is 5.97 Å². The number of hydrogen-bond acceptors (Lipinski definition) is 2.